The molecule has 4 nitrogen and oxygen atoms in total. The molecular formula is C20H28N2O2. The third-order valence-electron chi connectivity index (χ3n) is 5.26. The molecule has 1 aromatic carbocycles. The maximum Gasteiger partial charge on any atom is 0.246 e. The number of carbonyl (C=O) groups is 1. The second-order valence-corrected chi connectivity index (χ2v) is 7.04. The average Bonchev–Trinajstić information content (AvgIpc) is 2.63. The molecule has 1 unspecified atom stereocenters. The number of carbonyl (C=O) groups excluding carboxylic acids is 1. The molecule has 3 aliphatic rings. The quantitative estimate of drug-likeness (QED) is 0.816. The smallest absolute Gasteiger partial charge is 0.246 e. The molecule has 3 fully saturated rings. The van der Waals surface area contributed by atoms with E-state index in [0.717, 1.165) is 12.1 Å². The van der Waals surface area contributed by atoms with Crippen LogP contribution in [0.15, 0.2) is 42.0 Å². The Morgan fingerprint density at radius 2 is 2.04 bits per heavy atom. The van der Waals surface area contributed by atoms with Crippen molar-refractivity contribution in [3.63, 3.8) is 0 Å². The van der Waals surface area contributed by atoms with Crippen molar-refractivity contribution in [3.8, 4) is 0 Å². The fraction of sp³-hybridized carbons (Fsp3) is 0.550. The summed E-state index contributed by atoms with van der Waals surface area (Å²) in [4.78, 5) is 17.1. The SMILES string of the molecule is CCC(O)CN(Cc1ccccc1)C(=O)/C=C1/CN2CCC1CC2. The predicted molar refractivity (Wildman–Crippen MR) is 95.4 cm³/mol. The van der Waals surface area contributed by atoms with Gasteiger partial charge in [0.05, 0.1) is 6.10 Å². The number of piperidine rings is 3. The van der Waals surface area contributed by atoms with E-state index in [0.29, 0.717) is 25.4 Å². The van der Waals surface area contributed by atoms with Gasteiger partial charge in [0.15, 0.2) is 0 Å². The molecule has 3 saturated heterocycles. The van der Waals surface area contributed by atoms with Crippen molar-refractivity contribution in [3.05, 3.63) is 47.5 Å². The fourth-order valence-corrected chi connectivity index (χ4v) is 3.68. The number of aliphatic hydroxyl groups is 1. The second kappa shape index (κ2) is 7.95. The van der Waals surface area contributed by atoms with Crippen molar-refractivity contribution in [1.82, 2.24) is 9.80 Å². The summed E-state index contributed by atoms with van der Waals surface area (Å²) in [6.45, 7) is 6.15. The first-order valence-electron chi connectivity index (χ1n) is 9.09. The zero-order valence-electron chi connectivity index (χ0n) is 14.5. The third kappa shape index (κ3) is 4.25. The van der Waals surface area contributed by atoms with Crippen LogP contribution in [0.25, 0.3) is 0 Å². The van der Waals surface area contributed by atoms with Crippen LogP contribution in [0, 0.1) is 5.92 Å². The van der Waals surface area contributed by atoms with E-state index in [2.05, 4.69) is 4.90 Å². The van der Waals surface area contributed by atoms with Gasteiger partial charge in [0.2, 0.25) is 5.91 Å². The minimum Gasteiger partial charge on any atom is -0.391 e. The number of nitrogens with zero attached hydrogens (tertiary/aromatic N) is 2. The first-order chi connectivity index (χ1) is 11.7. The van der Waals surface area contributed by atoms with Gasteiger partial charge in [-0.15, -0.1) is 0 Å². The van der Waals surface area contributed by atoms with E-state index in [1.165, 1.54) is 31.5 Å². The molecule has 0 saturated carbocycles. The van der Waals surface area contributed by atoms with Crippen molar-refractivity contribution in [1.29, 1.82) is 0 Å². The van der Waals surface area contributed by atoms with Crippen LogP contribution in [0.3, 0.4) is 0 Å². The van der Waals surface area contributed by atoms with Crippen molar-refractivity contribution in [2.24, 2.45) is 5.92 Å². The van der Waals surface area contributed by atoms with E-state index in [9.17, 15) is 9.90 Å². The Morgan fingerprint density at radius 1 is 1.33 bits per heavy atom. The summed E-state index contributed by atoms with van der Waals surface area (Å²) in [6.07, 6.45) is 4.39. The first kappa shape index (κ1) is 17.2. The Kier molecular flexibility index (Phi) is 5.69. The lowest BCUT2D eigenvalue weighted by Gasteiger charge is -2.41. The molecule has 24 heavy (non-hydrogen) atoms. The number of benzene rings is 1. The van der Waals surface area contributed by atoms with Crippen LogP contribution in [-0.4, -0.2) is 53.1 Å². The summed E-state index contributed by atoms with van der Waals surface area (Å²) >= 11 is 0. The lowest BCUT2D eigenvalue weighted by molar-refractivity contribution is -0.128. The van der Waals surface area contributed by atoms with Crippen molar-refractivity contribution < 1.29 is 9.90 Å². The zero-order valence-corrected chi connectivity index (χ0v) is 14.5. The Hall–Kier alpha value is -1.65. The molecule has 1 N–H and O–H groups in total. The molecule has 0 radical (unpaired) electrons. The molecule has 4 rings (SSSR count). The van der Waals surface area contributed by atoms with Crippen molar-refractivity contribution in [2.75, 3.05) is 26.2 Å². The van der Waals surface area contributed by atoms with Crippen LogP contribution in [0.1, 0.15) is 31.7 Å². The number of hydrogen-bond donors (Lipinski definition) is 1. The first-order valence-corrected chi connectivity index (χ1v) is 9.09. The van der Waals surface area contributed by atoms with E-state index in [-0.39, 0.29) is 5.91 Å². The van der Waals surface area contributed by atoms with E-state index < -0.39 is 6.10 Å². The zero-order chi connectivity index (χ0) is 16.9. The van der Waals surface area contributed by atoms with Gasteiger partial charge in [0.25, 0.3) is 0 Å². The molecule has 0 aromatic heterocycles. The molecule has 2 bridgehead atoms. The van der Waals surface area contributed by atoms with Gasteiger partial charge in [-0.2, -0.15) is 0 Å². The van der Waals surface area contributed by atoms with E-state index >= 15 is 0 Å². The normalized spacial score (nSPS) is 25.7. The highest BCUT2D eigenvalue weighted by Crippen LogP contribution is 2.31. The van der Waals surface area contributed by atoms with Crippen molar-refractivity contribution in [2.45, 2.75) is 38.8 Å². The molecule has 0 spiro atoms. The highest BCUT2D eigenvalue weighted by atomic mass is 16.3. The number of hydrogen-bond acceptors (Lipinski definition) is 3. The van der Waals surface area contributed by atoms with Gasteiger partial charge >= 0.3 is 0 Å². The highest BCUT2D eigenvalue weighted by molar-refractivity contribution is 5.88. The standard InChI is InChI=1S/C20H28N2O2/c1-2-19(23)15-22(13-16-6-4-3-5-7-16)20(24)12-18-14-21-10-8-17(18)9-11-21/h3-7,12,17,19,23H,2,8-11,13-15H2,1H3/b18-12-. The predicted octanol–water partition coefficient (Wildman–Crippen LogP) is 2.44. The summed E-state index contributed by atoms with van der Waals surface area (Å²) in [5.74, 6) is 0.615. The van der Waals surface area contributed by atoms with E-state index in [1.807, 2.05) is 43.3 Å². The Morgan fingerprint density at radius 3 is 2.62 bits per heavy atom. The Labute approximate surface area is 144 Å². The number of fused-ring (bicyclic) bond motifs is 3. The fourth-order valence-electron chi connectivity index (χ4n) is 3.68. The summed E-state index contributed by atoms with van der Waals surface area (Å²) in [6, 6.07) is 10.0. The summed E-state index contributed by atoms with van der Waals surface area (Å²) in [5.41, 5.74) is 2.38. The summed E-state index contributed by atoms with van der Waals surface area (Å²) in [7, 11) is 0. The Bertz CT molecular complexity index is 577. The minimum atomic E-state index is -0.470. The van der Waals surface area contributed by atoms with Gasteiger partial charge in [-0.3, -0.25) is 9.69 Å². The number of rotatable bonds is 6. The van der Waals surface area contributed by atoms with E-state index in [4.69, 9.17) is 0 Å². The molecule has 1 amide bonds. The lowest BCUT2D eigenvalue weighted by atomic mass is 9.83. The van der Waals surface area contributed by atoms with Gasteiger partial charge in [0.1, 0.15) is 0 Å². The monoisotopic (exact) mass is 328 g/mol. The van der Waals surface area contributed by atoms with Gasteiger partial charge < -0.3 is 10.0 Å². The van der Waals surface area contributed by atoms with Gasteiger partial charge in [-0.25, -0.2) is 0 Å². The largest absolute Gasteiger partial charge is 0.391 e. The molecule has 3 aliphatic heterocycles. The second-order valence-electron chi connectivity index (χ2n) is 7.04. The third-order valence-corrected chi connectivity index (χ3v) is 5.26. The molecule has 4 heteroatoms. The molecule has 0 aliphatic carbocycles. The summed E-state index contributed by atoms with van der Waals surface area (Å²) in [5, 5.41) is 10.0. The lowest BCUT2D eigenvalue weighted by Crippen LogP contribution is -2.44. The maximum atomic E-state index is 12.9. The van der Waals surface area contributed by atoms with Crippen LogP contribution in [0.4, 0.5) is 0 Å². The topological polar surface area (TPSA) is 43.8 Å². The maximum absolute atomic E-state index is 12.9. The number of aliphatic hydroxyl groups excluding tert-OH is 1. The molecule has 3 heterocycles. The number of amides is 1. The van der Waals surface area contributed by atoms with Crippen LogP contribution < -0.4 is 0 Å². The average molecular weight is 328 g/mol. The summed E-state index contributed by atoms with van der Waals surface area (Å²) < 4.78 is 0. The highest BCUT2D eigenvalue weighted by Gasteiger charge is 2.30. The molecule has 130 valence electrons. The molecule has 1 atom stereocenters. The Balaban J connectivity index is 1.73. The molecular weight excluding hydrogens is 300 g/mol. The van der Waals surface area contributed by atoms with Crippen LogP contribution in [0.5, 0.6) is 0 Å². The van der Waals surface area contributed by atoms with Crippen LogP contribution in [0.2, 0.25) is 0 Å². The minimum absolute atomic E-state index is 0.0371. The molecule has 1 aromatic rings. The van der Waals surface area contributed by atoms with Gasteiger partial charge in [-0.05, 0) is 49.4 Å². The van der Waals surface area contributed by atoms with Crippen LogP contribution in [-0.2, 0) is 11.3 Å². The van der Waals surface area contributed by atoms with E-state index in [1.54, 1.807) is 4.90 Å². The van der Waals surface area contributed by atoms with Crippen molar-refractivity contribution >= 4 is 5.91 Å². The van der Waals surface area contributed by atoms with Gasteiger partial charge in [0, 0.05) is 25.7 Å². The van der Waals surface area contributed by atoms with Crippen LogP contribution >= 0.6 is 0 Å². The van der Waals surface area contributed by atoms with Gasteiger partial charge in [-0.1, -0.05) is 37.3 Å².